The molecule has 0 radical (unpaired) electrons. The van der Waals surface area contributed by atoms with Gasteiger partial charge in [-0.1, -0.05) is 108 Å². The van der Waals surface area contributed by atoms with Gasteiger partial charge in [-0.05, 0) is 108 Å². The molecule has 0 spiro atoms. The van der Waals surface area contributed by atoms with E-state index in [-0.39, 0.29) is 15.2 Å². The van der Waals surface area contributed by atoms with Crippen LogP contribution in [-0.4, -0.2) is 98.9 Å². The lowest BCUT2D eigenvalue weighted by Crippen LogP contribution is -2.33. The monoisotopic (exact) mass is 1080 g/mol. The molecule has 21 heteroatoms. The number of thioether (sulfide) groups is 3. The third kappa shape index (κ3) is 11.0. The van der Waals surface area contributed by atoms with Gasteiger partial charge in [-0.2, -0.15) is 0 Å². The molecular weight excluding hydrogens is 1050 g/mol. The van der Waals surface area contributed by atoms with Crippen molar-refractivity contribution in [1.82, 2.24) is 14.7 Å². The number of carboxylic acid groups (broad SMARTS) is 3. The van der Waals surface area contributed by atoms with E-state index < -0.39 is 42.8 Å². The van der Waals surface area contributed by atoms with Crippen LogP contribution in [0.2, 0.25) is 0 Å². The molecule has 0 unspecified atom stereocenters. The Balaban J connectivity index is 0.975. The van der Waals surface area contributed by atoms with Crippen LogP contribution in [-0.2, 0) is 24.0 Å². The van der Waals surface area contributed by atoms with Crippen molar-refractivity contribution < 1.29 is 39.3 Å². The lowest BCUT2D eigenvalue weighted by atomic mass is 10.1. The van der Waals surface area contributed by atoms with Crippen molar-refractivity contribution in [2.75, 3.05) is 31.1 Å². The Morgan fingerprint density at radius 3 is 1.22 bits per heavy atom. The molecule has 3 saturated heterocycles. The highest BCUT2D eigenvalue weighted by Gasteiger charge is 2.35. The third-order valence-electron chi connectivity index (χ3n) is 10.4. The van der Waals surface area contributed by atoms with E-state index in [1.165, 1.54) is 34.4 Å². The molecule has 0 saturated carbocycles. The summed E-state index contributed by atoms with van der Waals surface area (Å²) < 4.78 is 0.988. The normalized spacial score (nSPS) is 16.8. The molecule has 6 heterocycles. The molecule has 346 valence electrons. The number of amides is 2. The van der Waals surface area contributed by atoms with Crippen molar-refractivity contribution in [3.8, 4) is 31.3 Å². The standard InChI is InChI=1S/C48H32N4O8S9/c53-41(54)23-49-22-35(67-46(49)61)19-32-13-16-36(64-32)26-1-7-29(8-2-26)52(30-9-3-27(4-10-30)37-17-14-33(65-37)20-39-44(59)50(24-42(55)56)47(62)68-39)31-11-5-28(6-12-31)38-18-15-34(66-38)21-40-45(60)51(25-43(57)58)48(63)69-40/h1-21H,22-25H2,(H,53,54)(H,55,56)(H,57,58)/b35-19+,39-20-,40-21+. The van der Waals surface area contributed by atoms with Crippen LogP contribution in [0.4, 0.5) is 17.1 Å². The van der Waals surface area contributed by atoms with Gasteiger partial charge < -0.3 is 25.1 Å². The zero-order valence-corrected chi connectivity index (χ0v) is 42.6. The molecule has 3 aliphatic heterocycles. The SMILES string of the molecule is O=C(O)CN1C/C(=C\c2ccc(-c3ccc(N(c4ccc(-c5ccc(/C=C6\SC(=S)N(CC(=O)O)C6=O)s5)cc4)c4ccc(-c5ccc(/C=C6/SC(=S)N(CC(=O)O)C6=O)s5)cc4)cc3)s2)SC1=S. The van der Waals surface area contributed by atoms with Crippen LogP contribution in [0.5, 0.6) is 0 Å². The number of hydrogen-bond acceptors (Lipinski definition) is 15. The molecule has 6 aromatic rings. The van der Waals surface area contributed by atoms with Crippen LogP contribution in [0.3, 0.4) is 0 Å². The second kappa shape index (κ2) is 20.7. The molecular formula is C48H32N4O8S9. The van der Waals surface area contributed by atoms with Crippen LogP contribution in [0.25, 0.3) is 49.5 Å². The van der Waals surface area contributed by atoms with Crippen LogP contribution >= 0.6 is 106 Å². The summed E-state index contributed by atoms with van der Waals surface area (Å²) in [7, 11) is 0. The fourth-order valence-electron chi connectivity index (χ4n) is 7.31. The van der Waals surface area contributed by atoms with Gasteiger partial charge in [0.05, 0.1) is 16.4 Å². The Morgan fingerprint density at radius 1 is 0.493 bits per heavy atom. The Bertz CT molecular complexity index is 3060. The summed E-state index contributed by atoms with van der Waals surface area (Å²) in [5, 5.41) is 27.7. The Labute approximate surface area is 435 Å². The number of carboxylic acids is 3. The first-order chi connectivity index (χ1) is 33.1. The molecule has 0 bridgehead atoms. The number of aliphatic carboxylic acids is 3. The van der Waals surface area contributed by atoms with Crippen LogP contribution < -0.4 is 4.90 Å². The third-order valence-corrected chi connectivity index (χ3v) is 17.9. The van der Waals surface area contributed by atoms with E-state index in [2.05, 4.69) is 71.6 Å². The highest BCUT2D eigenvalue weighted by Crippen LogP contribution is 2.42. The van der Waals surface area contributed by atoms with Crippen molar-refractivity contribution in [3.05, 3.63) is 139 Å². The summed E-state index contributed by atoms with van der Waals surface area (Å²) in [4.78, 5) is 73.1. The Morgan fingerprint density at radius 2 is 0.855 bits per heavy atom. The maximum atomic E-state index is 12.9. The number of anilines is 3. The van der Waals surface area contributed by atoms with E-state index in [1.807, 2.05) is 48.5 Å². The number of rotatable bonds is 15. The predicted octanol–water partition coefficient (Wildman–Crippen LogP) is 11.7. The van der Waals surface area contributed by atoms with E-state index in [0.717, 1.165) is 101 Å². The van der Waals surface area contributed by atoms with Crippen LogP contribution in [0.15, 0.2) is 124 Å². The number of thiocarbonyl (C=S) groups is 3. The molecule has 3 fully saturated rings. The fourth-order valence-corrected chi connectivity index (χ4v) is 14.3. The smallest absolute Gasteiger partial charge is 0.323 e. The van der Waals surface area contributed by atoms with E-state index >= 15 is 0 Å². The maximum Gasteiger partial charge on any atom is 0.323 e. The predicted molar refractivity (Wildman–Crippen MR) is 293 cm³/mol. The Hall–Kier alpha value is -5.75. The Kier molecular flexibility index (Phi) is 14.5. The van der Waals surface area contributed by atoms with Crippen molar-refractivity contribution in [1.29, 1.82) is 0 Å². The van der Waals surface area contributed by atoms with Gasteiger partial charge in [0.2, 0.25) is 0 Å². The van der Waals surface area contributed by atoms with Gasteiger partial charge >= 0.3 is 17.9 Å². The average Bonchev–Trinajstić information content (AvgIpc) is 4.20. The van der Waals surface area contributed by atoms with Crippen molar-refractivity contribution in [2.45, 2.75) is 0 Å². The van der Waals surface area contributed by atoms with Gasteiger partial charge in [0.1, 0.15) is 32.6 Å². The van der Waals surface area contributed by atoms with Crippen molar-refractivity contribution >= 4 is 184 Å². The summed E-state index contributed by atoms with van der Waals surface area (Å²) in [6.07, 6.45) is 5.54. The molecule has 0 atom stereocenters. The minimum atomic E-state index is -1.13. The summed E-state index contributed by atoms with van der Waals surface area (Å²) in [6, 6.07) is 36.7. The maximum absolute atomic E-state index is 12.9. The van der Waals surface area contributed by atoms with Gasteiger partial charge in [-0.25, -0.2) is 0 Å². The van der Waals surface area contributed by atoms with Gasteiger partial charge in [-0.3, -0.25) is 33.8 Å². The fraction of sp³-hybridized carbons (Fsp3) is 0.0833. The van der Waals surface area contributed by atoms with Gasteiger partial charge in [0.15, 0.2) is 0 Å². The molecule has 3 N–H and O–H groups in total. The molecule has 0 aliphatic carbocycles. The first kappa shape index (κ1) is 48.3. The number of thiophene rings is 3. The molecule has 3 aromatic heterocycles. The summed E-state index contributed by atoms with van der Waals surface area (Å²) in [5.74, 6) is -4.03. The zero-order valence-electron chi connectivity index (χ0n) is 35.3. The lowest BCUT2D eigenvalue weighted by molar-refractivity contribution is -0.140. The van der Waals surface area contributed by atoms with Crippen molar-refractivity contribution in [3.63, 3.8) is 0 Å². The molecule has 69 heavy (non-hydrogen) atoms. The van der Waals surface area contributed by atoms with Crippen LogP contribution in [0.1, 0.15) is 14.6 Å². The van der Waals surface area contributed by atoms with E-state index in [0.29, 0.717) is 20.7 Å². The zero-order chi connectivity index (χ0) is 48.5. The van der Waals surface area contributed by atoms with Gasteiger partial charge in [0, 0.05) is 51.2 Å². The van der Waals surface area contributed by atoms with Crippen molar-refractivity contribution in [2.24, 2.45) is 0 Å². The number of nitrogens with zero attached hydrogens (tertiary/aromatic N) is 4. The highest BCUT2D eigenvalue weighted by atomic mass is 32.2. The molecule has 9 rings (SSSR count). The number of carbonyl (C=O) groups excluding carboxylic acids is 2. The quantitative estimate of drug-likeness (QED) is 0.0658. The molecule has 3 aliphatic rings. The highest BCUT2D eigenvalue weighted by molar-refractivity contribution is 8.27. The minimum absolute atomic E-state index is 0.129. The summed E-state index contributed by atoms with van der Waals surface area (Å²) in [5.41, 5.74) is 5.72. The average molecular weight is 1080 g/mol. The van der Waals surface area contributed by atoms with E-state index in [9.17, 15) is 39.3 Å². The lowest BCUT2D eigenvalue weighted by Gasteiger charge is -2.26. The van der Waals surface area contributed by atoms with Gasteiger partial charge in [-0.15, -0.1) is 34.0 Å². The first-order valence-electron chi connectivity index (χ1n) is 20.4. The summed E-state index contributed by atoms with van der Waals surface area (Å²) in [6.45, 7) is -0.624. The molecule has 12 nitrogen and oxygen atoms in total. The van der Waals surface area contributed by atoms with E-state index in [1.54, 1.807) is 28.4 Å². The molecule has 2 amide bonds. The number of carbonyl (C=O) groups is 5. The molecule has 3 aromatic carbocycles. The minimum Gasteiger partial charge on any atom is -0.480 e. The topological polar surface area (TPSA) is 159 Å². The largest absolute Gasteiger partial charge is 0.480 e. The second-order valence-electron chi connectivity index (χ2n) is 15.1. The number of benzene rings is 3. The van der Waals surface area contributed by atoms with E-state index in [4.69, 9.17) is 36.7 Å². The first-order valence-corrected chi connectivity index (χ1v) is 26.5. The number of hydrogen-bond donors (Lipinski definition) is 3. The van der Waals surface area contributed by atoms with Gasteiger partial charge in [0.25, 0.3) is 11.8 Å². The second-order valence-corrected chi connectivity index (χ2v) is 23.6. The summed E-state index contributed by atoms with van der Waals surface area (Å²) >= 11 is 24.2. The van der Waals surface area contributed by atoms with Crippen LogP contribution in [0, 0.1) is 0 Å².